The van der Waals surface area contributed by atoms with Crippen LogP contribution in [0.5, 0.6) is 0 Å². The van der Waals surface area contributed by atoms with Crippen molar-refractivity contribution in [2.75, 3.05) is 32.0 Å². The Balaban J connectivity index is 1.62. The average Bonchev–Trinajstić information content (AvgIpc) is 2.46. The van der Waals surface area contributed by atoms with Gasteiger partial charge in [0, 0.05) is 18.1 Å². The first-order valence-corrected chi connectivity index (χ1v) is 6.95. The van der Waals surface area contributed by atoms with E-state index in [2.05, 4.69) is 27.2 Å². The van der Waals surface area contributed by atoms with E-state index in [1.54, 1.807) is 0 Å². The van der Waals surface area contributed by atoms with Crippen LogP contribution in [-0.4, -0.2) is 41.5 Å². The monoisotopic (exact) mass is 256 g/mol. The highest BCUT2D eigenvalue weighted by atomic mass is 15.1. The standard InChI is InChI=1S/C15H20N4/c1-19-8-6-12(7-9-19)10-16-15-17-11-13-4-2-3-5-14(13)18-15/h2-5,11-12H,6-10H2,1H3,(H,16,17,18). The van der Waals surface area contributed by atoms with Crippen LogP contribution in [-0.2, 0) is 0 Å². The zero-order chi connectivity index (χ0) is 13.1. The number of piperidine rings is 1. The Morgan fingerprint density at radius 1 is 1.26 bits per heavy atom. The second-order valence-electron chi connectivity index (χ2n) is 5.38. The van der Waals surface area contributed by atoms with E-state index in [9.17, 15) is 0 Å². The number of fused-ring (bicyclic) bond motifs is 1. The van der Waals surface area contributed by atoms with Gasteiger partial charge < -0.3 is 10.2 Å². The summed E-state index contributed by atoms with van der Waals surface area (Å²) in [6.45, 7) is 3.38. The van der Waals surface area contributed by atoms with Gasteiger partial charge in [0.15, 0.2) is 0 Å². The molecule has 0 bridgehead atoms. The molecule has 2 heterocycles. The largest absolute Gasteiger partial charge is 0.354 e. The van der Waals surface area contributed by atoms with Gasteiger partial charge in [0.1, 0.15) is 0 Å². The van der Waals surface area contributed by atoms with E-state index in [1.807, 2.05) is 30.5 Å². The van der Waals surface area contributed by atoms with Crippen LogP contribution in [0.2, 0.25) is 0 Å². The molecule has 3 rings (SSSR count). The molecule has 1 fully saturated rings. The van der Waals surface area contributed by atoms with Crippen molar-refractivity contribution >= 4 is 16.9 Å². The number of likely N-dealkylation sites (tertiary alicyclic amines) is 1. The summed E-state index contributed by atoms with van der Waals surface area (Å²) in [7, 11) is 2.19. The lowest BCUT2D eigenvalue weighted by Crippen LogP contribution is -2.33. The van der Waals surface area contributed by atoms with E-state index in [-0.39, 0.29) is 0 Å². The summed E-state index contributed by atoms with van der Waals surface area (Å²) in [5.74, 6) is 1.49. The van der Waals surface area contributed by atoms with Gasteiger partial charge in [-0.15, -0.1) is 0 Å². The van der Waals surface area contributed by atoms with Crippen LogP contribution in [0.4, 0.5) is 5.95 Å². The van der Waals surface area contributed by atoms with E-state index >= 15 is 0 Å². The van der Waals surface area contributed by atoms with Gasteiger partial charge in [-0.1, -0.05) is 18.2 Å². The van der Waals surface area contributed by atoms with Crippen LogP contribution in [0.15, 0.2) is 30.5 Å². The minimum atomic E-state index is 0.742. The highest BCUT2D eigenvalue weighted by Crippen LogP contribution is 2.17. The quantitative estimate of drug-likeness (QED) is 0.915. The van der Waals surface area contributed by atoms with Crippen molar-refractivity contribution in [1.82, 2.24) is 14.9 Å². The fourth-order valence-electron chi connectivity index (χ4n) is 2.56. The molecule has 1 aliphatic heterocycles. The Bertz CT molecular complexity index is 547. The number of nitrogens with zero attached hydrogens (tertiary/aromatic N) is 3. The number of para-hydroxylation sites is 1. The van der Waals surface area contributed by atoms with E-state index in [1.165, 1.54) is 25.9 Å². The Kier molecular flexibility index (Phi) is 3.60. The van der Waals surface area contributed by atoms with Crippen molar-refractivity contribution in [3.63, 3.8) is 0 Å². The third-order valence-corrected chi connectivity index (χ3v) is 3.88. The summed E-state index contributed by atoms with van der Waals surface area (Å²) in [6.07, 6.45) is 4.41. The third-order valence-electron chi connectivity index (χ3n) is 3.88. The third kappa shape index (κ3) is 3.01. The number of aromatic nitrogens is 2. The molecule has 0 aliphatic carbocycles. The molecule has 100 valence electrons. The molecule has 0 radical (unpaired) electrons. The maximum atomic E-state index is 4.54. The molecule has 19 heavy (non-hydrogen) atoms. The molecule has 0 saturated carbocycles. The van der Waals surface area contributed by atoms with Crippen molar-refractivity contribution in [3.8, 4) is 0 Å². The molecule has 1 aromatic heterocycles. The van der Waals surface area contributed by atoms with E-state index in [4.69, 9.17) is 0 Å². The Hall–Kier alpha value is -1.68. The average molecular weight is 256 g/mol. The number of nitrogens with one attached hydrogen (secondary N) is 1. The van der Waals surface area contributed by atoms with Gasteiger partial charge in [0.2, 0.25) is 5.95 Å². The first kappa shape index (κ1) is 12.4. The molecule has 1 aliphatic rings. The minimum Gasteiger partial charge on any atom is -0.354 e. The van der Waals surface area contributed by atoms with E-state index in [0.29, 0.717) is 0 Å². The number of anilines is 1. The Morgan fingerprint density at radius 2 is 2.05 bits per heavy atom. The predicted molar refractivity (Wildman–Crippen MR) is 78.2 cm³/mol. The number of benzene rings is 1. The molecule has 0 spiro atoms. The van der Waals surface area contributed by atoms with Crippen LogP contribution >= 0.6 is 0 Å². The minimum absolute atomic E-state index is 0.742. The Morgan fingerprint density at radius 3 is 2.89 bits per heavy atom. The summed E-state index contributed by atoms with van der Waals surface area (Å²) < 4.78 is 0. The van der Waals surface area contributed by atoms with Gasteiger partial charge in [0.05, 0.1) is 5.52 Å². The molecule has 1 saturated heterocycles. The van der Waals surface area contributed by atoms with E-state index in [0.717, 1.165) is 29.3 Å². The van der Waals surface area contributed by atoms with Crippen molar-refractivity contribution < 1.29 is 0 Å². The van der Waals surface area contributed by atoms with Gasteiger partial charge in [-0.2, -0.15) is 0 Å². The van der Waals surface area contributed by atoms with Crippen LogP contribution in [0.3, 0.4) is 0 Å². The Labute approximate surface area is 113 Å². The van der Waals surface area contributed by atoms with Crippen LogP contribution in [0, 0.1) is 5.92 Å². The van der Waals surface area contributed by atoms with Crippen LogP contribution < -0.4 is 5.32 Å². The lowest BCUT2D eigenvalue weighted by atomic mass is 9.97. The van der Waals surface area contributed by atoms with Crippen molar-refractivity contribution in [2.24, 2.45) is 5.92 Å². The molecule has 1 aromatic carbocycles. The normalized spacial score (nSPS) is 17.7. The van der Waals surface area contributed by atoms with Crippen molar-refractivity contribution in [1.29, 1.82) is 0 Å². The summed E-state index contributed by atoms with van der Waals surface area (Å²) >= 11 is 0. The molecule has 1 N–H and O–H groups in total. The topological polar surface area (TPSA) is 41.0 Å². The molecule has 0 amide bonds. The van der Waals surface area contributed by atoms with Crippen molar-refractivity contribution in [3.05, 3.63) is 30.5 Å². The van der Waals surface area contributed by atoms with Gasteiger partial charge in [-0.25, -0.2) is 9.97 Å². The summed E-state index contributed by atoms with van der Waals surface area (Å²) in [5, 5.41) is 4.47. The van der Waals surface area contributed by atoms with Gasteiger partial charge in [0.25, 0.3) is 0 Å². The number of hydrogen-bond donors (Lipinski definition) is 1. The predicted octanol–water partition coefficient (Wildman–Crippen LogP) is 2.38. The zero-order valence-electron chi connectivity index (χ0n) is 11.3. The maximum Gasteiger partial charge on any atom is 0.223 e. The SMILES string of the molecule is CN1CCC(CNc2ncc3ccccc3n2)CC1. The van der Waals surface area contributed by atoms with Crippen LogP contribution in [0.1, 0.15) is 12.8 Å². The van der Waals surface area contributed by atoms with Gasteiger partial charge in [-0.05, 0) is 45.0 Å². The molecule has 4 heteroatoms. The summed E-state index contributed by atoms with van der Waals surface area (Å²) in [5.41, 5.74) is 1.00. The fraction of sp³-hybridized carbons (Fsp3) is 0.467. The maximum absolute atomic E-state index is 4.54. The summed E-state index contributed by atoms with van der Waals surface area (Å²) in [6, 6.07) is 8.08. The van der Waals surface area contributed by atoms with Crippen molar-refractivity contribution in [2.45, 2.75) is 12.8 Å². The molecular formula is C15H20N4. The lowest BCUT2D eigenvalue weighted by molar-refractivity contribution is 0.226. The molecule has 0 atom stereocenters. The smallest absolute Gasteiger partial charge is 0.223 e. The first-order chi connectivity index (χ1) is 9.31. The van der Waals surface area contributed by atoms with Gasteiger partial charge >= 0.3 is 0 Å². The number of hydrogen-bond acceptors (Lipinski definition) is 4. The van der Waals surface area contributed by atoms with E-state index < -0.39 is 0 Å². The second-order valence-corrected chi connectivity index (χ2v) is 5.38. The molecule has 4 nitrogen and oxygen atoms in total. The zero-order valence-corrected chi connectivity index (χ0v) is 11.3. The van der Waals surface area contributed by atoms with Gasteiger partial charge in [-0.3, -0.25) is 0 Å². The second kappa shape index (κ2) is 5.53. The first-order valence-electron chi connectivity index (χ1n) is 6.95. The molecular weight excluding hydrogens is 236 g/mol. The fourth-order valence-corrected chi connectivity index (χ4v) is 2.56. The lowest BCUT2D eigenvalue weighted by Gasteiger charge is -2.28. The highest BCUT2D eigenvalue weighted by molar-refractivity contribution is 5.78. The van der Waals surface area contributed by atoms with Crippen LogP contribution in [0.25, 0.3) is 10.9 Å². The molecule has 2 aromatic rings. The summed E-state index contributed by atoms with van der Waals surface area (Å²) in [4.78, 5) is 11.3. The highest BCUT2D eigenvalue weighted by Gasteiger charge is 2.16. The number of rotatable bonds is 3. The molecule has 0 unspecified atom stereocenters.